The zero-order valence-corrected chi connectivity index (χ0v) is 27.1. The van der Waals surface area contributed by atoms with E-state index < -0.39 is 0 Å². The van der Waals surface area contributed by atoms with E-state index in [9.17, 15) is 14.4 Å². The molecule has 0 spiro atoms. The molecule has 0 radical (unpaired) electrons. The topological polar surface area (TPSA) is 91.4 Å². The molecule has 44 heavy (non-hydrogen) atoms. The molecule has 3 heterocycles. The quantitative estimate of drug-likeness (QED) is 0.397. The Morgan fingerprint density at radius 1 is 1.00 bits per heavy atom. The van der Waals surface area contributed by atoms with Crippen LogP contribution in [0.1, 0.15) is 67.8 Å². The molecule has 238 valence electrons. The van der Waals surface area contributed by atoms with Crippen molar-refractivity contribution in [3.8, 4) is 11.5 Å². The lowest BCUT2D eigenvalue weighted by molar-refractivity contribution is -0.133. The Kier molecular flexibility index (Phi) is 10.4. The molecule has 1 N–H and O–H groups in total. The van der Waals surface area contributed by atoms with E-state index in [-0.39, 0.29) is 29.7 Å². The Morgan fingerprint density at radius 2 is 1.70 bits per heavy atom. The van der Waals surface area contributed by atoms with Gasteiger partial charge >= 0.3 is 0 Å². The van der Waals surface area contributed by atoms with Crippen molar-refractivity contribution in [2.75, 3.05) is 45.3 Å². The highest BCUT2D eigenvalue weighted by Crippen LogP contribution is 2.37. The first kappa shape index (κ1) is 32.1. The fraction of sp³-hybridized carbons (Fsp3) is 0.559. The molecule has 2 aromatic rings. The molecule has 0 saturated carbocycles. The van der Waals surface area contributed by atoms with Crippen LogP contribution in [0.5, 0.6) is 11.5 Å². The van der Waals surface area contributed by atoms with Gasteiger partial charge < -0.3 is 24.6 Å². The number of aryl methyl sites for hydroxylation is 1. The summed E-state index contributed by atoms with van der Waals surface area (Å²) in [7, 11) is 3.11. The van der Waals surface area contributed by atoms with Crippen LogP contribution >= 0.6 is 11.6 Å². The molecular formula is C34H45ClN4O5. The van der Waals surface area contributed by atoms with Crippen molar-refractivity contribution in [1.29, 1.82) is 0 Å². The summed E-state index contributed by atoms with van der Waals surface area (Å²) in [5.74, 6) is 0.924. The van der Waals surface area contributed by atoms with Gasteiger partial charge in [-0.15, -0.1) is 0 Å². The fourth-order valence-electron chi connectivity index (χ4n) is 7.28. The number of carbonyl (C=O) groups excluding carboxylic acids is 3. The van der Waals surface area contributed by atoms with Crippen LogP contribution in [0, 0.1) is 12.8 Å². The number of hydrogen-bond donors (Lipinski definition) is 1. The Morgan fingerprint density at radius 3 is 2.32 bits per heavy atom. The van der Waals surface area contributed by atoms with Crippen molar-refractivity contribution >= 4 is 35.0 Å². The van der Waals surface area contributed by atoms with Crippen LogP contribution in [-0.4, -0.2) is 86.0 Å². The number of halogens is 1. The normalized spacial score (nSPS) is 22.0. The molecule has 2 bridgehead atoms. The van der Waals surface area contributed by atoms with E-state index in [0.29, 0.717) is 66.6 Å². The molecule has 3 aliphatic heterocycles. The van der Waals surface area contributed by atoms with Crippen molar-refractivity contribution in [2.45, 2.75) is 76.9 Å². The van der Waals surface area contributed by atoms with Crippen molar-refractivity contribution in [2.24, 2.45) is 5.92 Å². The molecule has 2 aromatic carbocycles. The number of carbonyl (C=O) groups is 3. The molecule has 10 heteroatoms. The average molecular weight is 625 g/mol. The number of benzene rings is 2. The van der Waals surface area contributed by atoms with Gasteiger partial charge in [0.15, 0.2) is 11.5 Å². The summed E-state index contributed by atoms with van der Waals surface area (Å²) in [4.78, 5) is 45.2. The third-order valence-electron chi connectivity index (χ3n) is 9.69. The van der Waals surface area contributed by atoms with Crippen LogP contribution in [0.25, 0.3) is 0 Å². The van der Waals surface area contributed by atoms with E-state index in [2.05, 4.69) is 10.2 Å². The monoisotopic (exact) mass is 624 g/mol. The van der Waals surface area contributed by atoms with Crippen molar-refractivity contribution in [1.82, 2.24) is 15.1 Å². The standard InChI is InChI=1S/C34H45ClN4O5/c1-22-9-10-28(21-30(22)35)39(34(42)24-13-17-37(18-14-24)23(2)40)16-6-15-38-26-11-12-27(38)20-25(19-26)36-33(41)29-7-5-8-31(43-3)32(29)44-4/h5,7-10,21,24-27H,6,11-20H2,1-4H3,(H,36,41). The maximum atomic E-state index is 13.9. The van der Waals surface area contributed by atoms with Gasteiger partial charge in [0, 0.05) is 67.9 Å². The van der Waals surface area contributed by atoms with Crippen molar-refractivity contribution in [3.63, 3.8) is 0 Å². The molecule has 2 unspecified atom stereocenters. The van der Waals surface area contributed by atoms with Crippen LogP contribution in [0.4, 0.5) is 5.69 Å². The predicted molar refractivity (Wildman–Crippen MR) is 172 cm³/mol. The highest BCUT2D eigenvalue weighted by Gasteiger charge is 2.41. The first-order chi connectivity index (χ1) is 21.2. The fourth-order valence-corrected chi connectivity index (χ4v) is 7.45. The SMILES string of the molecule is COc1cccc(C(=O)NC2CC3CCC(C2)N3CCCN(C(=O)C2CCN(C(C)=O)CC2)c2ccc(C)c(Cl)c2)c1OC. The van der Waals surface area contributed by atoms with Crippen LogP contribution in [0.3, 0.4) is 0 Å². The molecule has 3 aliphatic rings. The van der Waals surface area contributed by atoms with Gasteiger partial charge in [-0.3, -0.25) is 19.3 Å². The number of nitrogens with one attached hydrogen (secondary N) is 1. The summed E-state index contributed by atoms with van der Waals surface area (Å²) < 4.78 is 10.9. The van der Waals surface area contributed by atoms with Crippen molar-refractivity contribution < 1.29 is 23.9 Å². The molecule has 3 fully saturated rings. The molecule has 3 amide bonds. The lowest BCUT2D eigenvalue weighted by Crippen LogP contribution is -2.51. The summed E-state index contributed by atoms with van der Waals surface area (Å²) in [5.41, 5.74) is 2.29. The second kappa shape index (κ2) is 14.2. The molecule has 0 aromatic heterocycles. The van der Waals surface area contributed by atoms with Crippen LogP contribution in [0.15, 0.2) is 36.4 Å². The van der Waals surface area contributed by atoms with E-state index >= 15 is 0 Å². The lowest BCUT2D eigenvalue weighted by Gasteiger charge is -2.40. The zero-order chi connectivity index (χ0) is 31.4. The highest BCUT2D eigenvalue weighted by atomic mass is 35.5. The number of amides is 3. The van der Waals surface area contributed by atoms with Gasteiger partial charge in [-0.2, -0.15) is 0 Å². The van der Waals surface area contributed by atoms with Gasteiger partial charge in [-0.1, -0.05) is 23.7 Å². The van der Waals surface area contributed by atoms with Gasteiger partial charge in [0.2, 0.25) is 11.8 Å². The summed E-state index contributed by atoms with van der Waals surface area (Å²) in [6.45, 7) is 6.29. The number of para-hydroxylation sites is 1. The van der Waals surface area contributed by atoms with Crippen LogP contribution < -0.4 is 19.7 Å². The second-order valence-corrected chi connectivity index (χ2v) is 12.8. The summed E-state index contributed by atoms with van der Waals surface area (Å²) in [6, 6.07) is 12.1. The Bertz CT molecular complexity index is 1350. The number of hydrogen-bond acceptors (Lipinski definition) is 6. The minimum atomic E-state index is -0.140. The van der Waals surface area contributed by atoms with Crippen LogP contribution in [-0.2, 0) is 9.59 Å². The van der Waals surface area contributed by atoms with Gasteiger partial charge in [0.1, 0.15) is 0 Å². The maximum Gasteiger partial charge on any atom is 0.255 e. The van der Waals surface area contributed by atoms with E-state index in [0.717, 1.165) is 49.9 Å². The molecule has 2 atom stereocenters. The predicted octanol–water partition coefficient (Wildman–Crippen LogP) is 5.07. The third kappa shape index (κ3) is 6.99. The second-order valence-electron chi connectivity index (χ2n) is 12.4. The smallest absolute Gasteiger partial charge is 0.255 e. The number of fused-ring (bicyclic) bond motifs is 2. The number of ether oxygens (including phenoxy) is 2. The minimum Gasteiger partial charge on any atom is -0.493 e. The molecular weight excluding hydrogens is 580 g/mol. The first-order valence-electron chi connectivity index (χ1n) is 15.8. The molecule has 3 saturated heterocycles. The zero-order valence-electron chi connectivity index (χ0n) is 26.3. The maximum absolute atomic E-state index is 13.9. The highest BCUT2D eigenvalue weighted by molar-refractivity contribution is 6.31. The molecule has 0 aliphatic carbocycles. The van der Waals surface area contributed by atoms with E-state index in [1.54, 1.807) is 39.3 Å². The van der Waals surface area contributed by atoms with Gasteiger partial charge in [-0.05, 0) is 81.7 Å². The average Bonchev–Trinajstić information content (AvgIpc) is 3.26. The van der Waals surface area contributed by atoms with E-state index in [1.165, 1.54) is 0 Å². The Labute approximate surface area is 265 Å². The van der Waals surface area contributed by atoms with E-state index in [4.69, 9.17) is 21.1 Å². The molecule has 9 nitrogen and oxygen atoms in total. The number of piperidine rings is 2. The summed E-state index contributed by atoms with van der Waals surface area (Å²) in [5, 5.41) is 3.91. The first-order valence-corrected chi connectivity index (χ1v) is 16.2. The van der Waals surface area contributed by atoms with Crippen LogP contribution in [0.2, 0.25) is 5.02 Å². The summed E-state index contributed by atoms with van der Waals surface area (Å²) in [6.07, 6.45) is 6.24. The minimum absolute atomic E-state index is 0.0658. The lowest BCUT2D eigenvalue weighted by atomic mass is 9.94. The Balaban J connectivity index is 1.20. The van der Waals surface area contributed by atoms with Gasteiger partial charge in [0.25, 0.3) is 5.91 Å². The van der Waals surface area contributed by atoms with Gasteiger partial charge in [0.05, 0.1) is 19.8 Å². The van der Waals surface area contributed by atoms with E-state index in [1.807, 2.05) is 34.9 Å². The number of rotatable bonds is 10. The molecule has 5 rings (SSSR count). The Hall–Kier alpha value is -3.30. The summed E-state index contributed by atoms with van der Waals surface area (Å²) >= 11 is 6.49. The van der Waals surface area contributed by atoms with Crippen molar-refractivity contribution in [3.05, 3.63) is 52.5 Å². The number of methoxy groups -OCH3 is 2. The largest absolute Gasteiger partial charge is 0.493 e. The third-order valence-corrected chi connectivity index (χ3v) is 10.1. The number of nitrogens with zero attached hydrogens (tertiary/aromatic N) is 3. The number of anilines is 1. The number of likely N-dealkylation sites (tertiary alicyclic amines) is 1. The van der Waals surface area contributed by atoms with Gasteiger partial charge in [-0.25, -0.2) is 0 Å².